The highest BCUT2D eigenvalue weighted by atomic mass is 16.3. The fourth-order valence-electron chi connectivity index (χ4n) is 6.95. The third-order valence-corrected chi connectivity index (χ3v) is 9.52. The van der Waals surface area contributed by atoms with E-state index in [-0.39, 0.29) is 0 Å². The Morgan fingerprint density at radius 2 is 0.774 bits per heavy atom. The van der Waals surface area contributed by atoms with Crippen LogP contribution in [-0.2, 0) is 0 Å². The van der Waals surface area contributed by atoms with Crippen LogP contribution < -0.4 is 0 Å². The van der Waals surface area contributed by atoms with E-state index in [1.165, 1.54) is 0 Å². The van der Waals surface area contributed by atoms with Gasteiger partial charge in [-0.15, -0.1) is 0 Å². The monoisotopic (exact) mass is 679 g/mol. The number of rotatable bonds is 6. The maximum Gasteiger partial charge on any atom is 0.164 e. The van der Waals surface area contributed by atoms with Crippen molar-refractivity contribution in [1.82, 2.24) is 24.9 Å². The largest absolute Gasteiger partial charge is 0.455 e. The van der Waals surface area contributed by atoms with Crippen molar-refractivity contribution in [3.8, 4) is 67.8 Å². The molecule has 0 amide bonds. The van der Waals surface area contributed by atoms with Crippen molar-refractivity contribution in [2.24, 2.45) is 0 Å². The Morgan fingerprint density at radius 1 is 0.321 bits per heavy atom. The van der Waals surface area contributed by atoms with Crippen LogP contribution in [0.5, 0.6) is 0 Å². The molecule has 53 heavy (non-hydrogen) atoms. The fraction of sp³-hybridized carbons (Fsp3) is 0. The van der Waals surface area contributed by atoms with E-state index in [9.17, 15) is 0 Å². The molecular weight excluding hydrogens is 651 g/mol. The van der Waals surface area contributed by atoms with Crippen LogP contribution in [0.25, 0.3) is 101 Å². The lowest BCUT2D eigenvalue weighted by Crippen LogP contribution is -2.00. The summed E-state index contributed by atoms with van der Waals surface area (Å²) in [4.78, 5) is 25.3. The van der Waals surface area contributed by atoms with Crippen LogP contribution in [0.15, 0.2) is 180 Å². The van der Waals surface area contributed by atoms with E-state index in [0.717, 1.165) is 83.3 Å². The minimum atomic E-state index is 0.579. The number of hydrogen-bond donors (Lipinski definition) is 0. The molecule has 0 aliphatic heterocycles. The van der Waals surface area contributed by atoms with Gasteiger partial charge in [0.2, 0.25) is 0 Å². The minimum Gasteiger partial charge on any atom is -0.455 e. The van der Waals surface area contributed by atoms with Crippen molar-refractivity contribution in [3.05, 3.63) is 176 Å². The van der Waals surface area contributed by atoms with E-state index in [2.05, 4.69) is 60.7 Å². The highest BCUT2D eigenvalue weighted by Crippen LogP contribution is 2.39. The van der Waals surface area contributed by atoms with Crippen LogP contribution in [0, 0.1) is 0 Å². The Bertz CT molecular complexity index is 2900. The predicted octanol–water partition coefficient (Wildman–Crippen LogP) is 11.7. The van der Waals surface area contributed by atoms with Crippen LogP contribution in [0.2, 0.25) is 0 Å². The molecular formula is C47H29N5O. The Kier molecular flexibility index (Phi) is 7.36. The molecule has 3 aromatic heterocycles. The molecule has 248 valence electrons. The van der Waals surface area contributed by atoms with Gasteiger partial charge in [0, 0.05) is 44.2 Å². The van der Waals surface area contributed by atoms with E-state index >= 15 is 0 Å². The molecule has 0 fully saturated rings. The van der Waals surface area contributed by atoms with Gasteiger partial charge < -0.3 is 4.42 Å². The lowest BCUT2D eigenvalue weighted by atomic mass is 9.97. The number of para-hydroxylation sites is 4. The first-order valence-corrected chi connectivity index (χ1v) is 17.5. The maximum atomic E-state index is 6.42. The van der Waals surface area contributed by atoms with Crippen LogP contribution in [0.4, 0.5) is 0 Å². The van der Waals surface area contributed by atoms with Crippen molar-refractivity contribution in [2.45, 2.75) is 0 Å². The lowest BCUT2D eigenvalue weighted by molar-refractivity contribution is 0.670. The number of furan rings is 1. The summed E-state index contributed by atoms with van der Waals surface area (Å²) in [5.74, 6) is 1.81. The third kappa shape index (κ3) is 5.59. The van der Waals surface area contributed by atoms with E-state index in [1.807, 2.05) is 115 Å². The van der Waals surface area contributed by atoms with Crippen molar-refractivity contribution < 1.29 is 4.42 Å². The van der Waals surface area contributed by atoms with Gasteiger partial charge in [-0.05, 0) is 35.9 Å². The van der Waals surface area contributed by atoms with Crippen molar-refractivity contribution in [3.63, 3.8) is 0 Å². The molecule has 0 bridgehead atoms. The first-order chi connectivity index (χ1) is 26.2. The molecule has 0 aliphatic rings. The third-order valence-electron chi connectivity index (χ3n) is 9.52. The topological polar surface area (TPSA) is 77.6 Å². The van der Waals surface area contributed by atoms with Gasteiger partial charge in [-0.3, -0.25) is 0 Å². The average Bonchev–Trinajstić information content (AvgIpc) is 3.63. The molecule has 6 heteroatoms. The maximum absolute atomic E-state index is 6.42. The summed E-state index contributed by atoms with van der Waals surface area (Å²) in [5.41, 5.74) is 11.5. The Morgan fingerprint density at radius 3 is 1.42 bits per heavy atom. The van der Waals surface area contributed by atoms with Crippen LogP contribution in [0.1, 0.15) is 0 Å². The molecule has 10 rings (SSSR count). The van der Waals surface area contributed by atoms with Gasteiger partial charge in [-0.1, -0.05) is 146 Å². The van der Waals surface area contributed by atoms with Gasteiger partial charge in [-0.25, -0.2) is 24.9 Å². The first kappa shape index (κ1) is 30.5. The van der Waals surface area contributed by atoms with Gasteiger partial charge in [0.1, 0.15) is 11.2 Å². The molecule has 0 N–H and O–H groups in total. The second-order valence-electron chi connectivity index (χ2n) is 12.9. The predicted molar refractivity (Wildman–Crippen MR) is 213 cm³/mol. The molecule has 0 radical (unpaired) electrons. The summed E-state index contributed by atoms with van der Waals surface area (Å²) < 4.78 is 6.42. The van der Waals surface area contributed by atoms with E-state index in [0.29, 0.717) is 17.5 Å². The lowest BCUT2D eigenvalue weighted by Gasteiger charge is -2.13. The van der Waals surface area contributed by atoms with Crippen molar-refractivity contribution in [1.29, 1.82) is 0 Å². The Labute approximate surface area is 305 Å². The summed E-state index contributed by atoms with van der Waals surface area (Å²) in [6.07, 6.45) is 0. The zero-order valence-corrected chi connectivity index (χ0v) is 28.4. The SMILES string of the molecule is c1ccc(-c2nc(-c3ccccc3)nc(-c3cccc(-c4nc5ccccc5nc4-c4cccc(-c5cccc6c5oc5ccccc56)c4)c3)n2)cc1. The molecule has 0 unspecified atom stereocenters. The highest BCUT2D eigenvalue weighted by Gasteiger charge is 2.18. The van der Waals surface area contributed by atoms with Crippen LogP contribution >= 0.6 is 0 Å². The van der Waals surface area contributed by atoms with E-state index in [1.54, 1.807) is 0 Å². The molecule has 0 spiro atoms. The Hall–Kier alpha value is -7.31. The van der Waals surface area contributed by atoms with Gasteiger partial charge >= 0.3 is 0 Å². The molecule has 0 saturated heterocycles. The molecule has 10 aromatic rings. The first-order valence-electron chi connectivity index (χ1n) is 17.5. The molecule has 0 aliphatic carbocycles. The van der Waals surface area contributed by atoms with Crippen molar-refractivity contribution >= 4 is 33.0 Å². The van der Waals surface area contributed by atoms with E-state index in [4.69, 9.17) is 29.3 Å². The zero-order chi connectivity index (χ0) is 35.1. The number of fused-ring (bicyclic) bond motifs is 4. The minimum absolute atomic E-state index is 0.579. The van der Waals surface area contributed by atoms with Crippen LogP contribution in [0.3, 0.4) is 0 Å². The van der Waals surface area contributed by atoms with Crippen molar-refractivity contribution in [2.75, 3.05) is 0 Å². The molecule has 0 saturated carbocycles. The molecule has 7 aromatic carbocycles. The normalized spacial score (nSPS) is 11.4. The summed E-state index contributed by atoms with van der Waals surface area (Å²) >= 11 is 0. The molecule has 3 heterocycles. The highest BCUT2D eigenvalue weighted by molar-refractivity contribution is 6.09. The zero-order valence-electron chi connectivity index (χ0n) is 28.4. The van der Waals surface area contributed by atoms with Gasteiger partial charge in [-0.2, -0.15) is 0 Å². The summed E-state index contributed by atoms with van der Waals surface area (Å²) in [5, 5.41) is 2.20. The number of nitrogens with zero attached hydrogens (tertiary/aromatic N) is 5. The number of hydrogen-bond acceptors (Lipinski definition) is 6. The molecule has 0 atom stereocenters. The Balaban J connectivity index is 1.13. The quantitative estimate of drug-likeness (QED) is 0.174. The number of aromatic nitrogens is 5. The average molecular weight is 680 g/mol. The van der Waals surface area contributed by atoms with Gasteiger partial charge in [0.05, 0.1) is 22.4 Å². The molecule has 6 nitrogen and oxygen atoms in total. The van der Waals surface area contributed by atoms with Crippen LogP contribution in [-0.4, -0.2) is 24.9 Å². The van der Waals surface area contributed by atoms with Gasteiger partial charge in [0.25, 0.3) is 0 Å². The van der Waals surface area contributed by atoms with E-state index < -0.39 is 0 Å². The fourth-order valence-corrected chi connectivity index (χ4v) is 6.95. The summed E-state index contributed by atoms with van der Waals surface area (Å²) in [7, 11) is 0. The standard InChI is InChI=1S/C47H29N5O/c1-3-14-30(15-4-1)45-50-46(31-16-5-2-6-17-31)52-47(51-45)35-21-12-20-34(29-35)43-42(48-39-25-8-9-26-40(39)49-43)33-19-11-18-32(28-33)36-23-13-24-38-37-22-7-10-27-41(37)53-44(36)38/h1-29H. The van der Waals surface area contributed by atoms with Gasteiger partial charge in [0.15, 0.2) is 17.5 Å². The number of benzene rings is 7. The second kappa shape index (κ2) is 12.8. The summed E-state index contributed by atoms with van der Waals surface area (Å²) in [6, 6.07) is 59.2. The summed E-state index contributed by atoms with van der Waals surface area (Å²) in [6.45, 7) is 0. The smallest absolute Gasteiger partial charge is 0.164 e. The second-order valence-corrected chi connectivity index (χ2v) is 12.9.